The smallest absolute Gasteiger partial charge is 0.134 e. The van der Waals surface area contributed by atoms with Crippen molar-refractivity contribution in [1.82, 2.24) is 9.78 Å². The van der Waals surface area contributed by atoms with Gasteiger partial charge in [0.05, 0.1) is 5.69 Å². The minimum Gasteiger partial charge on any atom is -0.256 e. The largest absolute Gasteiger partial charge is 0.256 e. The highest BCUT2D eigenvalue weighted by atomic mass is 35.5. The van der Waals surface area contributed by atoms with Crippen molar-refractivity contribution in [1.29, 1.82) is 0 Å². The van der Waals surface area contributed by atoms with Gasteiger partial charge in [-0.05, 0) is 6.42 Å². The van der Waals surface area contributed by atoms with E-state index in [1.54, 1.807) is 11.7 Å². The van der Waals surface area contributed by atoms with Crippen molar-refractivity contribution in [2.45, 2.75) is 13.3 Å². The molecule has 0 bridgehead atoms. The van der Waals surface area contributed by atoms with Crippen molar-refractivity contribution in [3.8, 4) is 0 Å². The Labute approximate surface area is 59.4 Å². The van der Waals surface area contributed by atoms with Crippen LogP contribution in [-0.4, -0.2) is 9.78 Å². The van der Waals surface area contributed by atoms with E-state index in [1.165, 1.54) is 0 Å². The molecule has 1 aromatic heterocycles. The van der Waals surface area contributed by atoms with Gasteiger partial charge >= 0.3 is 0 Å². The SMILES string of the molecule is CCc1[c]c(Cl)n(C)n1. The molecule has 0 saturated heterocycles. The number of rotatable bonds is 1. The Morgan fingerprint density at radius 2 is 2.44 bits per heavy atom. The first-order chi connectivity index (χ1) is 4.24. The summed E-state index contributed by atoms with van der Waals surface area (Å²) in [6, 6.07) is 2.91. The Kier molecular flexibility index (Phi) is 1.76. The molecule has 0 aromatic carbocycles. The Morgan fingerprint density at radius 3 is 2.67 bits per heavy atom. The van der Waals surface area contributed by atoms with E-state index in [0.29, 0.717) is 5.15 Å². The highest BCUT2D eigenvalue weighted by Gasteiger charge is 1.98. The summed E-state index contributed by atoms with van der Waals surface area (Å²) >= 11 is 5.65. The van der Waals surface area contributed by atoms with Gasteiger partial charge in [-0.25, -0.2) is 0 Å². The van der Waals surface area contributed by atoms with Crippen LogP contribution in [-0.2, 0) is 13.5 Å². The van der Waals surface area contributed by atoms with Crippen molar-refractivity contribution in [3.05, 3.63) is 16.9 Å². The maximum absolute atomic E-state index is 5.65. The first kappa shape index (κ1) is 6.62. The van der Waals surface area contributed by atoms with Gasteiger partial charge in [0.2, 0.25) is 0 Å². The van der Waals surface area contributed by atoms with Gasteiger partial charge in [-0.1, -0.05) is 18.5 Å². The van der Waals surface area contributed by atoms with Crippen LogP contribution in [0.15, 0.2) is 0 Å². The molecule has 0 spiro atoms. The second-order valence-corrected chi connectivity index (χ2v) is 2.20. The van der Waals surface area contributed by atoms with Crippen LogP contribution in [0.5, 0.6) is 0 Å². The lowest BCUT2D eigenvalue weighted by atomic mass is 10.4. The van der Waals surface area contributed by atoms with Crippen LogP contribution in [0.2, 0.25) is 5.15 Å². The molecule has 1 heterocycles. The Bertz CT molecular complexity index is 185. The summed E-state index contributed by atoms with van der Waals surface area (Å²) in [7, 11) is 1.80. The van der Waals surface area contributed by atoms with Gasteiger partial charge in [0.1, 0.15) is 5.15 Å². The molecule has 0 N–H and O–H groups in total. The molecule has 3 heteroatoms. The number of aryl methyl sites for hydroxylation is 2. The Morgan fingerprint density at radius 1 is 1.78 bits per heavy atom. The third-order valence-electron chi connectivity index (χ3n) is 1.14. The lowest BCUT2D eigenvalue weighted by Gasteiger charge is -1.86. The maximum Gasteiger partial charge on any atom is 0.134 e. The average Bonchev–Trinajstić information content (AvgIpc) is 2.13. The Hall–Kier alpha value is -0.500. The highest BCUT2D eigenvalue weighted by Crippen LogP contribution is 2.07. The quantitative estimate of drug-likeness (QED) is 0.582. The lowest BCUT2D eigenvalue weighted by molar-refractivity contribution is 0.747. The fraction of sp³-hybridized carbons (Fsp3) is 0.500. The van der Waals surface area contributed by atoms with E-state index in [9.17, 15) is 0 Å². The zero-order valence-electron chi connectivity index (χ0n) is 5.48. The molecule has 2 nitrogen and oxygen atoms in total. The molecule has 49 valence electrons. The second kappa shape index (κ2) is 2.40. The normalized spacial score (nSPS) is 10.1. The zero-order chi connectivity index (χ0) is 6.85. The molecule has 0 fully saturated rings. The van der Waals surface area contributed by atoms with Gasteiger partial charge in [0.15, 0.2) is 0 Å². The molecule has 0 amide bonds. The third kappa shape index (κ3) is 1.24. The number of nitrogens with zero attached hydrogens (tertiary/aromatic N) is 2. The molecule has 0 aliphatic carbocycles. The molecule has 0 aliphatic heterocycles. The molecule has 1 radical (unpaired) electrons. The lowest BCUT2D eigenvalue weighted by Crippen LogP contribution is -1.90. The molecule has 0 aliphatic rings. The van der Waals surface area contributed by atoms with E-state index in [2.05, 4.69) is 11.2 Å². The number of hydrogen-bond acceptors (Lipinski definition) is 1. The molecule has 9 heavy (non-hydrogen) atoms. The predicted molar refractivity (Wildman–Crippen MR) is 36.4 cm³/mol. The van der Waals surface area contributed by atoms with Crippen LogP contribution in [0.3, 0.4) is 0 Å². The molecule has 1 rings (SSSR count). The van der Waals surface area contributed by atoms with Gasteiger partial charge in [-0.3, -0.25) is 4.68 Å². The van der Waals surface area contributed by atoms with Crippen LogP contribution in [0.4, 0.5) is 0 Å². The average molecular weight is 144 g/mol. The molecular weight excluding hydrogens is 136 g/mol. The van der Waals surface area contributed by atoms with Gasteiger partial charge in [0, 0.05) is 13.1 Å². The monoisotopic (exact) mass is 143 g/mol. The van der Waals surface area contributed by atoms with Gasteiger partial charge in [0.25, 0.3) is 0 Å². The molecule has 0 saturated carbocycles. The molecular formula is C6H8ClN2. The molecule has 0 unspecified atom stereocenters. The number of halogens is 1. The topological polar surface area (TPSA) is 17.8 Å². The predicted octanol–water partition coefficient (Wildman–Crippen LogP) is 1.44. The summed E-state index contributed by atoms with van der Waals surface area (Å²) in [5.41, 5.74) is 0.919. The van der Waals surface area contributed by atoms with Crippen molar-refractivity contribution >= 4 is 11.6 Å². The summed E-state index contributed by atoms with van der Waals surface area (Å²) in [4.78, 5) is 0. The first-order valence-electron chi connectivity index (χ1n) is 2.84. The van der Waals surface area contributed by atoms with Crippen LogP contribution in [0.25, 0.3) is 0 Å². The fourth-order valence-corrected chi connectivity index (χ4v) is 0.756. The van der Waals surface area contributed by atoms with E-state index in [-0.39, 0.29) is 0 Å². The maximum atomic E-state index is 5.65. The van der Waals surface area contributed by atoms with Crippen molar-refractivity contribution in [2.24, 2.45) is 7.05 Å². The van der Waals surface area contributed by atoms with Crippen molar-refractivity contribution in [3.63, 3.8) is 0 Å². The third-order valence-corrected chi connectivity index (χ3v) is 1.48. The summed E-state index contributed by atoms with van der Waals surface area (Å²) < 4.78 is 1.61. The van der Waals surface area contributed by atoms with Gasteiger partial charge in [-0.2, -0.15) is 5.10 Å². The molecule has 1 aromatic rings. The van der Waals surface area contributed by atoms with E-state index in [4.69, 9.17) is 11.6 Å². The minimum atomic E-state index is 0.576. The molecule has 0 atom stereocenters. The van der Waals surface area contributed by atoms with Crippen LogP contribution in [0.1, 0.15) is 12.6 Å². The standard InChI is InChI=1S/C6H8ClN2/c1-3-5-4-6(7)9(2)8-5/h3H2,1-2H3. The highest BCUT2D eigenvalue weighted by molar-refractivity contribution is 6.29. The summed E-state index contributed by atoms with van der Waals surface area (Å²) in [5, 5.41) is 4.63. The summed E-state index contributed by atoms with van der Waals surface area (Å²) in [6.45, 7) is 2.02. The first-order valence-corrected chi connectivity index (χ1v) is 3.22. The number of hydrogen-bond donors (Lipinski definition) is 0. The van der Waals surface area contributed by atoms with Crippen LogP contribution >= 0.6 is 11.6 Å². The van der Waals surface area contributed by atoms with E-state index >= 15 is 0 Å². The number of aromatic nitrogens is 2. The fourth-order valence-electron chi connectivity index (χ4n) is 0.609. The Balaban J connectivity index is 2.98. The zero-order valence-corrected chi connectivity index (χ0v) is 6.24. The van der Waals surface area contributed by atoms with Crippen molar-refractivity contribution < 1.29 is 0 Å². The summed E-state index contributed by atoms with van der Waals surface area (Å²) in [5.74, 6) is 0. The van der Waals surface area contributed by atoms with E-state index < -0.39 is 0 Å². The van der Waals surface area contributed by atoms with Crippen LogP contribution < -0.4 is 0 Å². The van der Waals surface area contributed by atoms with E-state index in [0.717, 1.165) is 12.1 Å². The minimum absolute atomic E-state index is 0.576. The second-order valence-electron chi connectivity index (χ2n) is 1.84. The summed E-state index contributed by atoms with van der Waals surface area (Å²) in [6.07, 6.45) is 0.889. The van der Waals surface area contributed by atoms with E-state index in [1.807, 2.05) is 6.92 Å². The van der Waals surface area contributed by atoms with Gasteiger partial charge in [-0.15, -0.1) is 0 Å². The van der Waals surface area contributed by atoms with Crippen LogP contribution in [0, 0.1) is 6.07 Å². The van der Waals surface area contributed by atoms with Crippen molar-refractivity contribution in [2.75, 3.05) is 0 Å². The van der Waals surface area contributed by atoms with Gasteiger partial charge < -0.3 is 0 Å².